The third-order valence-corrected chi connectivity index (χ3v) is 5.95. The van der Waals surface area contributed by atoms with E-state index < -0.39 is 0 Å². The molecule has 0 spiro atoms. The highest BCUT2D eigenvalue weighted by molar-refractivity contribution is 7.99. The van der Waals surface area contributed by atoms with Crippen LogP contribution in [0.25, 0.3) is 0 Å². The molecule has 0 aliphatic rings. The number of benzene rings is 1. The number of hydrogen-bond acceptors (Lipinski definition) is 5. The maximum Gasteiger partial charge on any atom is 0.252 e. The summed E-state index contributed by atoms with van der Waals surface area (Å²) in [5.41, 5.74) is 6.60. The second-order valence-electron chi connectivity index (χ2n) is 8.17. The lowest BCUT2D eigenvalue weighted by molar-refractivity contribution is -0.127. The van der Waals surface area contributed by atoms with Crippen LogP contribution in [0.15, 0.2) is 64.1 Å². The molecule has 32 heavy (non-hydrogen) atoms. The Hall–Kier alpha value is -1.86. The maximum atomic E-state index is 12.5. The van der Waals surface area contributed by atoms with E-state index in [4.69, 9.17) is 5.21 Å². The fraction of sp³-hybridized carbons (Fsp3) is 0.500. The van der Waals surface area contributed by atoms with Gasteiger partial charge in [0.15, 0.2) is 0 Å². The van der Waals surface area contributed by atoms with Gasteiger partial charge in [0.25, 0.3) is 5.91 Å². The molecular formula is C26H40N2O3S. The van der Waals surface area contributed by atoms with Crippen molar-refractivity contribution in [3.05, 3.63) is 64.8 Å². The Labute approximate surface area is 198 Å². The number of hydrogen-bond donors (Lipinski definition) is 3. The molecule has 1 aromatic rings. The number of allylic oxidation sites excluding steroid dienone is 5. The number of rotatable bonds is 16. The highest BCUT2D eigenvalue weighted by Gasteiger charge is 2.10. The van der Waals surface area contributed by atoms with Crippen LogP contribution in [-0.2, 0) is 4.84 Å². The van der Waals surface area contributed by atoms with Crippen LogP contribution in [0.2, 0.25) is 0 Å². The van der Waals surface area contributed by atoms with Crippen LogP contribution in [-0.4, -0.2) is 30.0 Å². The lowest BCUT2D eigenvalue weighted by Crippen LogP contribution is -2.25. The summed E-state index contributed by atoms with van der Waals surface area (Å²) in [6, 6.07) is 7.74. The van der Waals surface area contributed by atoms with Crippen molar-refractivity contribution in [1.29, 1.82) is 0 Å². The fourth-order valence-corrected chi connectivity index (χ4v) is 4.07. The van der Waals surface area contributed by atoms with E-state index in [2.05, 4.69) is 56.1 Å². The van der Waals surface area contributed by atoms with E-state index in [0.717, 1.165) is 49.2 Å². The predicted octanol–water partition coefficient (Wildman–Crippen LogP) is 6.62. The van der Waals surface area contributed by atoms with Crippen molar-refractivity contribution in [3.63, 3.8) is 0 Å². The van der Waals surface area contributed by atoms with E-state index in [1.807, 2.05) is 24.3 Å². The molecule has 0 saturated heterocycles. The van der Waals surface area contributed by atoms with Crippen LogP contribution in [0.5, 0.6) is 0 Å². The van der Waals surface area contributed by atoms with Gasteiger partial charge in [0.1, 0.15) is 0 Å². The average Bonchev–Trinajstić information content (AvgIpc) is 2.76. The van der Waals surface area contributed by atoms with Gasteiger partial charge >= 0.3 is 0 Å². The smallest absolute Gasteiger partial charge is 0.252 e. The number of thioether (sulfide) groups is 1. The van der Waals surface area contributed by atoms with Gasteiger partial charge < -0.3 is 5.32 Å². The van der Waals surface area contributed by atoms with E-state index in [9.17, 15) is 4.79 Å². The van der Waals surface area contributed by atoms with Gasteiger partial charge in [-0.15, -0.1) is 11.8 Å². The summed E-state index contributed by atoms with van der Waals surface area (Å²) in [4.78, 5) is 18.2. The fourth-order valence-electron chi connectivity index (χ4n) is 3.03. The molecule has 0 radical (unpaired) electrons. The van der Waals surface area contributed by atoms with Gasteiger partial charge in [-0.05, 0) is 78.4 Å². The summed E-state index contributed by atoms with van der Waals surface area (Å²) in [5.74, 6) is 0.800. The number of amides is 1. The zero-order chi connectivity index (χ0) is 23.6. The zero-order valence-electron chi connectivity index (χ0n) is 20.1. The largest absolute Gasteiger partial charge is 0.352 e. The summed E-state index contributed by atoms with van der Waals surface area (Å²) < 4.78 is 0. The zero-order valence-corrected chi connectivity index (χ0v) is 20.9. The molecule has 0 unspecified atom stereocenters. The van der Waals surface area contributed by atoms with Crippen molar-refractivity contribution in [2.45, 2.75) is 71.1 Å². The SMILES string of the molecule is CC(C)=CCCC(C)=CCCC(C)=CCSc1ccccc1C(=O)NCCCCONO. The lowest BCUT2D eigenvalue weighted by atomic mass is 10.1. The van der Waals surface area contributed by atoms with Crippen LogP contribution in [0.4, 0.5) is 0 Å². The molecule has 0 heterocycles. The highest BCUT2D eigenvalue weighted by atomic mass is 32.2. The molecule has 1 aromatic carbocycles. The van der Waals surface area contributed by atoms with E-state index in [-0.39, 0.29) is 5.91 Å². The van der Waals surface area contributed by atoms with Crippen LogP contribution in [0.1, 0.15) is 76.6 Å². The van der Waals surface area contributed by atoms with Gasteiger partial charge in [-0.1, -0.05) is 52.7 Å². The molecule has 178 valence electrons. The van der Waals surface area contributed by atoms with Gasteiger partial charge in [0.05, 0.1) is 12.2 Å². The van der Waals surface area contributed by atoms with Crippen molar-refractivity contribution in [1.82, 2.24) is 11.0 Å². The maximum absolute atomic E-state index is 12.5. The normalized spacial score (nSPS) is 12.0. The Bertz CT molecular complexity index is 768. The monoisotopic (exact) mass is 460 g/mol. The number of carbonyl (C=O) groups is 1. The molecule has 3 N–H and O–H groups in total. The molecule has 0 aliphatic carbocycles. The van der Waals surface area contributed by atoms with E-state index in [0.29, 0.717) is 18.7 Å². The van der Waals surface area contributed by atoms with Crippen molar-refractivity contribution in [2.75, 3.05) is 18.9 Å². The molecule has 1 amide bonds. The second kappa shape index (κ2) is 17.7. The van der Waals surface area contributed by atoms with Crippen LogP contribution in [0, 0.1) is 0 Å². The Morgan fingerprint density at radius 3 is 2.41 bits per heavy atom. The third kappa shape index (κ3) is 13.5. The Morgan fingerprint density at radius 1 is 1.00 bits per heavy atom. The van der Waals surface area contributed by atoms with Crippen molar-refractivity contribution >= 4 is 17.7 Å². The molecule has 6 heteroatoms. The molecule has 0 aromatic heterocycles. The van der Waals surface area contributed by atoms with E-state index in [1.54, 1.807) is 17.4 Å². The molecule has 0 saturated carbocycles. The third-order valence-electron chi connectivity index (χ3n) is 4.95. The minimum absolute atomic E-state index is 0.0521. The summed E-state index contributed by atoms with van der Waals surface area (Å²) in [5, 5.41) is 11.3. The quantitative estimate of drug-likeness (QED) is 0.112. The van der Waals surface area contributed by atoms with E-state index >= 15 is 0 Å². The predicted molar refractivity (Wildman–Crippen MR) is 135 cm³/mol. The van der Waals surface area contributed by atoms with Gasteiger partial charge in [-0.2, -0.15) is 0 Å². The summed E-state index contributed by atoms with van der Waals surface area (Å²) in [6.07, 6.45) is 12.9. The van der Waals surface area contributed by atoms with E-state index in [1.165, 1.54) is 16.7 Å². The van der Waals surface area contributed by atoms with Crippen LogP contribution >= 0.6 is 11.8 Å². The molecule has 0 aliphatic heterocycles. The van der Waals surface area contributed by atoms with Crippen molar-refractivity contribution in [3.8, 4) is 0 Å². The van der Waals surface area contributed by atoms with Crippen LogP contribution in [0.3, 0.4) is 0 Å². The number of unbranched alkanes of at least 4 members (excludes halogenated alkanes) is 1. The number of carbonyl (C=O) groups excluding carboxylic acids is 1. The first-order valence-electron chi connectivity index (χ1n) is 11.4. The Morgan fingerprint density at radius 2 is 1.69 bits per heavy atom. The van der Waals surface area contributed by atoms with Crippen molar-refractivity contribution in [2.24, 2.45) is 0 Å². The molecular weight excluding hydrogens is 420 g/mol. The molecule has 1 rings (SSSR count). The number of nitrogens with one attached hydrogen (secondary N) is 2. The van der Waals surface area contributed by atoms with Gasteiger partial charge in [0, 0.05) is 17.2 Å². The minimum atomic E-state index is -0.0521. The standard InChI is InChI=1S/C26H40N2O3S/c1-21(2)11-9-12-22(3)13-10-14-23(4)17-20-32-25-16-6-5-15-24(25)26(29)27-18-7-8-19-31-28-30/h5-6,11,13,15-17,28,30H,7-10,12,14,18-20H2,1-4H3,(H,27,29). The summed E-state index contributed by atoms with van der Waals surface area (Å²) in [6.45, 7) is 9.67. The molecule has 5 nitrogen and oxygen atoms in total. The van der Waals surface area contributed by atoms with Gasteiger partial charge in [-0.25, -0.2) is 0 Å². The van der Waals surface area contributed by atoms with Crippen LogP contribution < -0.4 is 11.0 Å². The molecule has 0 bridgehead atoms. The van der Waals surface area contributed by atoms with Crippen molar-refractivity contribution < 1.29 is 14.8 Å². The Kier molecular flexibility index (Phi) is 15.6. The second-order valence-corrected chi connectivity index (χ2v) is 9.23. The Balaban J connectivity index is 2.42. The minimum Gasteiger partial charge on any atom is -0.352 e. The highest BCUT2D eigenvalue weighted by Crippen LogP contribution is 2.23. The van der Waals surface area contributed by atoms with Gasteiger partial charge in [-0.3, -0.25) is 14.8 Å². The molecule has 0 fully saturated rings. The summed E-state index contributed by atoms with van der Waals surface area (Å²) in [7, 11) is 0. The first-order chi connectivity index (χ1) is 15.4. The first-order valence-corrected chi connectivity index (χ1v) is 12.4. The molecule has 0 atom stereocenters. The average molecular weight is 461 g/mol. The van der Waals surface area contributed by atoms with Gasteiger partial charge in [0.2, 0.25) is 0 Å². The first kappa shape index (κ1) is 28.2. The topological polar surface area (TPSA) is 70.6 Å². The lowest BCUT2D eigenvalue weighted by Gasteiger charge is -2.09. The summed E-state index contributed by atoms with van der Waals surface area (Å²) >= 11 is 1.69.